The number of esters is 1. The van der Waals surface area contributed by atoms with Crippen LogP contribution in [-0.2, 0) is 9.53 Å². The van der Waals surface area contributed by atoms with Crippen molar-refractivity contribution >= 4 is 29.2 Å². The molecule has 2 aromatic rings. The number of ether oxygens (including phenoxy) is 1. The molecule has 5 nitrogen and oxygen atoms in total. The van der Waals surface area contributed by atoms with Crippen molar-refractivity contribution in [3.8, 4) is 0 Å². The Hall–Kier alpha value is -2.67. The summed E-state index contributed by atoms with van der Waals surface area (Å²) >= 11 is 5.73. The predicted octanol–water partition coefficient (Wildman–Crippen LogP) is 3.12. The molecule has 3 rings (SSSR count). The summed E-state index contributed by atoms with van der Waals surface area (Å²) in [4.78, 5) is 28.0. The molecule has 1 heterocycles. The van der Waals surface area contributed by atoms with E-state index < -0.39 is 24.2 Å². The number of carbonyl (C=O) groups is 2. The second kappa shape index (κ2) is 8.35. The van der Waals surface area contributed by atoms with Crippen molar-refractivity contribution in [2.75, 3.05) is 37.7 Å². The van der Waals surface area contributed by atoms with Crippen LogP contribution in [0.2, 0.25) is 5.02 Å². The summed E-state index contributed by atoms with van der Waals surface area (Å²) in [5.41, 5.74) is 0.765. The average molecular weight is 395 g/mol. The van der Waals surface area contributed by atoms with Gasteiger partial charge in [-0.3, -0.25) is 4.79 Å². The van der Waals surface area contributed by atoms with Crippen molar-refractivity contribution in [2.24, 2.45) is 0 Å². The lowest BCUT2D eigenvalue weighted by Crippen LogP contribution is -2.49. The lowest BCUT2D eigenvalue weighted by Gasteiger charge is -2.36. The number of amides is 1. The second-order valence-corrected chi connectivity index (χ2v) is 6.43. The summed E-state index contributed by atoms with van der Waals surface area (Å²) in [6, 6.07) is 11.2. The molecule has 0 saturated carbocycles. The highest BCUT2D eigenvalue weighted by Crippen LogP contribution is 2.21. The first kappa shape index (κ1) is 19.1. The number of para-hydroxylation sites is 1. The average Bonchev–Trinajstić information content (AvgIpc) is 2.69. The maximum Gasteiger partial charge on any atom is 0.340 e. The van der Waals surface area contributed by atoms with Crippen LogP contribution in [0.15, 0.2) is 42.5 Å². The molecule has 8 heteroatoms. The summed E-state index contributed by atoms with van der Waals surface area (Å²) in [7, 11) is 0. The second-order valence-electron chi connectivity index (χ2n) is 6.03. The first-order chi connectivity index (χ1) is 13.0. The predicted molar refractivity (Wildman–Crippen MR) is 96.9 cm³/mol. The summed E-state index contributed by atoms with van der Waals surface area (Å²) in [6.07, 6.45) is 0. The number of nitrogens with zero attached hydrogens (tertiary/aromatic N) is 2. The van der Waals surface area contributed by atoms with Gasteiger partial charge in [-0.25, -0.2) is 13.6 Å². The van der Waals surface area contributed by atoms with E-state index in [9.17, 15) is 18.4 Å². The van der Waals surface area contributed by atoms with Crippen LogP contribution in [0.1, 0.15) is 10.4 Å². The Morgan fingerprint density at radius 1 is 1.00 bits per heavy atom. The van der Waals surface area contributed by atoms with Crippen LogP contribution >= 0.6 is 11.6 Å². The van der Waals surface area contributed by atoms with Gasteiger partial charge >= 0.3 is 5.97 Å². The molecular weight excluding hydrogens is 378 g/mol. The standard InChI is InChI=1S/C19H17ClF2N2O3/c20-15-11-17(22)16(21)10-14(15)19(26)27-12-18(25)24-8-6-23(7-9-24)13-4-2-1-3-5-13/h1-5,10-11H,6-9,12H2. The molecule has 0 atom stereocenters. The molecule has 0 aromatic heterocycles. The van der Waals surface area contributed by atoms with Gasteiger partial charge in [0.25, 0.3) is 5.91 Å². The number of hydrogen-bond acceptors (Lipinski definition) is 4. The Bertz CT molecular complexity index is 840. The summed E-state index contributed by atoms with van der Waals surface area (Å²) in [5, 5.41) is -0.275. The van der Waals surface area contributed by atoms with Gasteiger partial charge in [-0.1, -0.05) is 29.8 Å². The number of rotatable bonds is 4. The van der Waals surface area contributed by atoms with Gasteiger partial charge in [0.1, 0.15) is 0 Å². The van der Waals surface area contributed by atoms with Gasteiger partial charge in [-0.2, -0.15) is 0 Å². The molecule has 1 saturated heterocycles. The number of anilines is 1. The van der Waals surface area contributed by atoms with E-state index in [2.05, 4.69) is 4.90 Å². The molecule has 1 aliphatic heterocycles. The Kier molecular flexibility index (Phi) is 5.91. The lowest BCUT2D eigenvalue weighted by molar-refractivity contribution is -0.134. The summed E-state index contributed by atoms with van der Waals surface area (Å²) in [6.45, 7) is 1.84. The van der Waals surface area contributed by atoms with Gasteiger partial charge in [0.05, 0.1) is 10.6 Å². The maximum absolute atomic E-state index is 13.3. The van der Waals surface area contributed by atoms with Gasteiger partial charge < -0.3 is 14.5 Å². The molecule has 0 bridgehead atoms. The minimum atomic E-state index is -1.21. The van der Waals surface area contributed by atoms with Crippen LogP contribution in [0.3, 0.4) is 0 Å². The molecule has 1 amide bonds. The van der Waals surface area contributed by atoms with E-state index in [1.165, 1.54) is 0 Å². The third-order valence-corrected chi connectivity index (χ3v) is 4.62. The molecule has 0 aliphatic carbocycles. The van der Waals surface area contributed by atoms with Crippen LogP contribution in [0.25, 0.3) is 0 Å². The molecule has 0 spiro atoms. The van der Waals surface area contributed by atoms with Crippen LogP contribution in [0, 0.1) is 11.6 Å². The largest absolute Gasteiger partial charge is 0.452 e. The van der Waals surface area contributed by atoms with Gasteiger partial charge in [0.15, 0.2) is 18.2 Å². The third kappa shape index (κ3) is 4.54. The summed E-state index contributed by atoms with van der Waals surface area (Å²) < 4.78 is 31.2. The van der Waals surface area contributed by atoms with E-state index in [-0.39, 0.29) is 16.5 Å². The van der Waals surface area contributed by atoms with E-state index in [1.54, 1.807) is 4.90 Å². The maximum atomic E-state index is 13.3. The zero-order valence-corrected chi connectivity index (χ0v) is 15.1. The molecule has 0 N–H and O–H groups in total. The lowest BCUT2D eigenvalue weighted by atomic mass is 10.2. The number of halogens is 3. The Morgan fingerprint density at radius 2 is 1.63 bits per heavy atom. The Morgan fingerprint density at radius 3 is 2.30 bits per heavy atom. The highest BCUT2D eigenvalue weighted by Gasteiger charge is 2.23. The van der Waals surface area contributed by atoms with Gasteiger partial charge in [0.2, 0.25) is 0 Å². The zero-order valence-electron chi connectivity index (χ0n) is 14.3. The van der Waals surface area contributed by atoms with Crippen LogP contribution in [0.4, 0.5) is 14.5 Å². The quantitative estimate of drug-likeness (QED) is 0.590. The first-order valence-corrected chi connectivity index (χ1v) is 8.73. The van der Waals surface area contributed by atoms with Crippen molar-refractivity contribution in [3.05, 3.63) is 64.7 Å². The number of carbonyl (C=O) groups excluding carboxylic acids is 2. The monoisotopic (exact) mass is 394 g/mol. The first-order valence-electron chi connectivity index (χ1n) is 8.35. The van der Waals surface area contributed by atoms with E-state index >= 15 is 0 Å². The van der Waals surface area contributed by atoms with Crippen molar-refractivity contribution in [3.63, 3.8) is 0 Å². The number of piperazine rings is 1. The third-order valence-electron chi connectivity index (χ3n) is 4.31. The van der Waals surface area contributed by atoms with E-state index in [4.69, 9.17) is 16.3 Å². The van der Waals surface area contributed by atoms with Crippen molar-refractivity contribution in [1.82, 2.24) is 4.90 Å². The molecule has 27 heavy (non-hydrogen) atoms. The van der Waals surface area contributed by atoms with Crippen molar-refractivity contribution < 1.29 is 23.1 Å². The molecule has 0 radical (unpaired) electrons. The molecule has 0 unspecified atom stereocenters. The molecule has 2 aromatic carbocycles. The van der Waals surface area contributed by atoms with Crippen molar-refractivity contribution in [1.29, 1.82) is 0 Å². The molecular formula is C19H17ClF2N2O3. The fraction of sp³-hybridized carbons (Fsp3) is 0.263. The van der Waals surface area contributed by atoms with Gasteiger partial charge in [0, 0.05) is 31.9 Å². The highest BCUT2D eigenvalue weighted by molar-refractivity contribution is 6.33. The number of hydrogen-bond donors (Lipinski definition) is 0. The van der Waals surface area contributed by atoms with E-state index in [1.807, 2.05) is 30.3 Å². The number of benzene rings is 2. The van der Waals surface area contributed by atoms with Crippen molar-refractivity contribution in [2.45, 2.75) is 0 Å². The van der Waals surface area contributed by atoms with E-state index in [0.29, 0.717) is 38.3 Å². The molecule has 1 aliphatic rings. The fourth-order valence-electron chi connectivity index (χ4n) is 2.83. The molecule has 1 fully saturated rings. The summed E-state index contributed by atoms with van der Waals surface area (Å²) in [5.74, 6) is -3.71. The fourth-order valence-corrected chi connectivity index (χ4v) is 3.06. The molecule has 142 valence electrons. The van der Waals surface area contributed by atoms with E-state index in [0.717, 1.165) is 5.69 Å². The highest BCUT2D eigenvalue weighted by atomic mass is 35.5. The topological polar surface area (TPSA) is 49.9 Å². The van der Waals surface area contributed by atoms with Crippen LogP contribution < -0.4 is 4.90 Å². The van der Waals surface area contributed by atoms with Gasteiger partial charge in [-0.15, -0.1) is 0 Å². The van der Waals surface area contributed by atoms with Crippen LogP contribution in [-0.4, -0.2) is 49.6 Å². The Balaban J connectivity index is 1.51. The van der Waals surface area contributed by atoms with Gasteiger partial charge in [-0.05, 0) is 24.3 Å². The minimum Gasteiger partial charge on any atom is -0.452 e. The SMILES string of the molecule is O=C(OCC(=O)N1CCN(c2ccccc2)CC1)c1cc(F)c(F)cc1Cl. The zero-order chi connectivity index (χ0) is 19.4. The minimum absolute atomic E-state index is 0.275. The van der Waals surface area contributed by atoms with Crippen LogP contribution in [0.5, 0.6) is 0 Å². The smallest absolute Gasteiger partial charge is 0.340 e. The Labute approximate surface area is 160 Å². The normalized spacial score (nSPS) is 14.2.